The smallest absolute Gasteiger partial charge is 0.383 e. The molecule has 1 aromatic rings. The molecule has 0 amide bonds. The monoisotopic (exact) mass is 246 g/mol. The third-order valence-corrected chi connectivity index (χ3v) is 2.67. The molecule has 17 heavy (non-hydrogen) atoms. The zero-order valence-corrected chi connectivity index (χ0v) is 9.34. The normalized spacial score (nSPS) is 18.6. The average molecular weight is 246 g/mol. The van der Waals surface area contributed by atoms with Crippen molar-refractivity contribution in [3.8, 4) is 0 Å². The molecule has 94 valence electrons. The van der Waals surface area contributed by atoms with Crippen molar-refractivity contribution in [3.05, 3.63) is 24.0 Å². The zero-order valence-electron chi connectivity index (χ0n) is 9.34. The Morgan fingerprint density at radius 3 is 2.53 bits per heavy atom. The van der Waals surface area contributed by atoms with Crippen molar-refractivity contribution >= 4 is 5.69 Å². The van der Waals surface area contributed by atoms with Crippen molar-refractivity contribution in [1.29, 1.82) is 0 Å². The molecule has 0 bridgehead atoms. The Balaban J connectivity index is 1.94. The summed E-state index contributed by atoms with van der Waals surface area (Å²) in [7, 11) is 0. The first kappa shape index (κ1) is 12.2. The molecule has 0 aliphatic carbocycles. The largest absolute Gasteiger partial charge is 0.433 e. The van der Waals surface area contributed by atoms with Gasteiger partial charge in [0, 0.05) is 12.0 Å². The Kier molecular flexibility index (Phi) is 2.99. The van der Waals surface area contributed by atoms with E-state index in [-0.39, 0.29) is 5.41 Å². The van der Waals surface area contributed by atoms with Gasteiger partial charge in [-0.25, -0.2) is 4.98 Å². The number of halogens is 3. The van der Waals surface area contributed by atoms with Crippen LogP contribution in [-0.2, 0) is 10.9 Å². The second-order valence-electron chi connectivity index (χ2n) is 4.59. The van der Waals surface area contributed by atoms with Crippen LogP contribution in [-0.4, -0.2) is 24.7 Å². The zero-order chi connectivity index (χ0) is 12.5. The van der Waals surface area contributed by atoms with Crippen molar-refractivity contribution in [2.75, 3.05) is 25.1 Å². The highest BCUT2D eigenvalue weighted by Crippen LogP contribution is 2.29. The lowest BCUT2D eigenvalue weighted by molar-refractivity contribution is -0.141. The number of aromatic nitrogens is 1. The maximum absolute atomic E-state index is 12.3. The van der Waals surface area contributed by atoms with Crippen molar-refractivity contribution in [2.24, 2.45) is 5.41 Å². The van der Waals surface area contributed by atoms with E-state index in [1.807, 2.05) is 0 Å². The van der Waals surface area contributed by atoms with Crippen molar-refractivity contribution in [3.63, 3.8) is 0 Å². The first-order valence-corrected chi connectivity index (χ1v) is 5.24. The molecule has 0 unspecified atom stereocenters. The van der Waals surface area contributed by atoms with E-state index < -0.39 is 11.9 Å². The molecule has 1 N–H and O–H groups in total. The third kappa shape index (κ3) is 2.88. The van der Waals surface area contributed by atoms with Crippen LogP contribution in [0.4, 0.5) is 18.9 Å². The predicted molar refractivity (Wildman–Crippen MR) is 56.7 cm³/mol. The number of alkyl halides is 3. The van der Waals surface area contributed by atoms with Gasteiger partial charge < -0.3 is 10.1 Å². The van der Waals surface area contributed by atoms with Crippen LogP contribution < -0.4 is 5.32 Å². The molecule has 1 fully saturated rings. The Morgan fingerprint density at radius 1 is 1.41 bits per heavy atom. The highest BCUT2D eigenvalue weighted by molar-refractivity contribution is 5.41. The fourth-order valence-corrected chi connectivity index (χ4v) is 1.53. The molecule has 0 atom stereocenters. The lowest BCUT2D eigenvalue weighted by Crippen LogP contribution is -2.45. The van der Waals surface area contributed by atoms with E-state index in [1.165, 1.54) is 12.3 Å². The van der Waals surface area contributed by atoms with Gasteiger partial charge in [-0.3, -0.25) is 0 Å². The molecule has 0 spiro atoms. The number of hydrogen-bond acceptors (Lipinski definition) is 3. The van der Waals surface area contributed by atoms with Gasteiger partial charge in [0.05, 0.1) is 25.1 Å². The number of nitrogens with zero attached hydrogens (tertiary/aromatic N) is 1. The van der Waals surface area contributed by atoms with E-state index in [0.29, 0.717) is 25.4 Å². The molecule has 1 aliphatic rings. The molecule has 0 aromatic carbocycles. The van der Waals surface area contributed by atoms with E-state index in [0.717, 1.165) is 6.07 Å². The molecule has 0 saturated carbocycles. The standard InChI is InChI=1S/C11H13F3N2O/c1-10(6-17-7-10)5-16-8-2-3-9(15-4-8)11(12,13)14/h2-4,16H,5-7H2,1H3. The molecule has 1 saturated heterocycles. The van der Waals surface area contributed by atoms with Gasteiger partial charge in [0.25, 0.3) is 0 Å². The van der Waals surface area contributed by atoms with E-state index in [1.54, 1.807) is 0 Å². The summed E-state index contributed by atoms with van der Waals surface area (Å²) in [6.45, 7) is 4.07. The molecule has 1 aliphatic heterocycles. The van der Waals surface area contributed by atoms with Gasteiger partial charge in [-0.05, 0) is 12.1 Å². The Hall–Kier alpha value is -1.30. The topological polar surface area (TPSA) is 34.2 Å². The van der Waals surface area contributed by atoms with Gasteiger partial charge in [0.2, 0.25) is 0 Å². The molecule has 6 heteroatoms. The Labute approximate surface area is 97.0 Å². The van der Waals surface area contributed by atoms with E-state index in [9.17, 15) is 13.2 Å². The second-order valence-corrected chi connectivity index (χ2v) is 4.59. The summed E-state index contributed by atoms with van der Waals surface area (Å²) in [4.78, 5) is 3.38. The summed E-state index contributed by atoms with van der Waals surface area (Å²) in [6.07, 6.45) is -3.18. The van der Waals surface area contributed by atoms with Crippen molar-refractivity contribution < 1.29 is 17.9 Å². The fourth-order valence-electron chi connectivity index (χ4n) is 1.53. The molecule has 1 aromatic heterocycles. The van der Waals surface area contributed by atoms with E-state index >= 15 is 0 Å². The first-order chi connectivity index (χ1) is 7.89. The van der Waals surface area contributed by atoms with Crippen molar-refractivity contribution in [1.82, 2.24) is 4.98 Å². The van der Waals surface area contributed by atoms with Crippen LogP contribution >= 0.6 is 0 Å². The summed E-state index contributed by atoms with van der Waals surface area (Å²) < 4.78 is 41.9. The van der Waals surface area contributed by atoms with E-state index in [2.05, 4.69) is 17.2 Å². The highest BCUT2D eigenvalue weighted by Gasteiger charge is 2.34. The second kappa shape index (κ2) is 4.18. The molecular formula is C11H13F3N2O. The van der Waals surface area contributed by atoms with Crippen molar-refractivity contribution in [2.45, 2.75) is 13.1 Å². The number of ether oxygens (including phenoxy) is 1. The average Bonchev–Trinajstić information content (AvgIpc) is 2.23. The number of pyridine rings is 1. The Bertz CT molecular complexity index is 385. The maximum Gasteiger partial charge on any atom is 0.433 e. The minimum atomic E-state index is -4.38. The number of rotatable bonds is 3. The number of anilines is 1. The van der Waals surface area contributed by atoms with Gasteiger partial charge in [0.15, 0.2) is 0 Å². The fraction of sp³-hybridized carbons (Fsp3) is 0.545. The van der Waals surface area contributed by atoms with Crippen LogP contribution in [0.1, 0.15) is 12.6 Å². The summed E-state index contributed by atoms with van der Waals surface area (Å²) in [5.41, 5.74) is -0.213. The third-order valence-electron chi connectivity index (χ3n) is 2.67. The number of nitrogens with one attached hydrogen (secondary N) is 1. The molecule has 3 nitrogen and oxygen atoms in total. The maximum atomic E-state index is 12.3. The van der Waals surface area contributed by atoms with Gasteiger partial charge in [0.1, 0.15) is 5.69 Å². The summed E-state index contributed by atoms with van der Waals surface area (Å²) in [5, 5.41) is 3.06. The van der Waals surface area contributed by atoms with Gasteiger partial charge in [-0.1, -0.05) is 6.92 Å². The lowest BCUT2D eigenvalue weighted by Gasteiger charge is -2.38. The highest BCUT2D eigenvalue weighted by atomic mass is 19.4. The predicted octanol–water partition coefficient (Wildman–Crippen LogP) is 2.55. The summed E-state index contributed by atoms with van der Waals surface area (Å²) >= 11 is 0. The quantitative estimate of drug-likeness (QED) is 0.890. The minimum Gasteiger partial charge on any atom is -0.383 e. The van der Waals surface area contributed by atoms with Gasteiger partial charge in [-0.2, -0.15) is 13.2 Å². The van der Waals surface area contributed by atoms with E-state index in [4.69, 9.17) is 4.74 Å². The summed E-state index contributed by atoms with van der Waals surface area (Å²) in [5.74, 6) is 0. The van der Waals surface area contributed by atoms with Gasteiger partial charge in [-0.15, -0.1) is 0 Å². The van der Waals surface area contributed by atoms with Crippen LogP contribution in [0.3, 0.4) is 0 Å². The SMILES string of the molecule is CC1(CNc2ccc(C(F)(F)F)nc2)COC1. The first-order valence-electron chi connectivity index (χ1n) is 5.24. The minimum absolute atomic E-state index is 0.0721. The molecule has 2 heterocycles. The molecule has 2 rings (SSSR count). The van der Waals surface area contributed by atoms with Gasteiger partial charge >= 0.3 is 6.18 Å². The van der Waals surface area contributed by atoms with Crippen LogP contribution in [0.5, 0.6) is 0 Å². The van der Waals surface area contributed by atoms with Crippen LogP contribution in [0.2, 0.25) is 0 Å². The summed E-state index contributed by atoms with van der Waals surface area (Å²) in [6, 6.07) is 2.36. The van der Waals surface area contributed by atoms with Crippen LogP contribution in [0.15, 0.2) is 18.3 Å². The van der Waals surface area contributed by atoms with Crippen LogP contribution in [0, 0.1) is 5.41 Å². The molecular weight excluding hydrogens is 233 g/mol. The molecule has 0 radical (unpaired) electrons. The number of hydrogen-bond donors (Lipinski definition) is 1. The lowest BCUT2D eigenvalue weighted by atomic mass is 9.89. The van der Waals surface area contributed by atoms with Crippen LogP contribution in [0.25, 0.3) is 0 Å². The Morgan fingerprint density at radius 2 is 2.12 bits per heavy atom.